The molecule has 1 spiro atoms. The third kappa shape index (κ3) is 3.74. The minimum atomic E-state index is -0.541. The van der Waals surface area contributed by atoms with E-state index in [0.29, 0.717) is 39.0 Å². The van der Waals surface area contributed by atoms with Crippen molar-refractivity contribution in [1.82, 2.24) is 24.9 Å². The van der Waals surface area contributed by atoms with Crippen LogP contribution in [-0.2, 0) is 14.3 Å². The minimum absolute atomic E-state index is 0.0615. The molecule has 0 unspecified atom stereocenters. The molecule has 1 N–H and O–H groups in total. The van der Waals surface area contributed by atoms with Crippen LogP contribution in [0, 0.1) is 0 Å². The Morgan fingerprint density at radius 2 is 1.92 bits per heavy atom. The maximum absolute atomic E-state index is 12.4. The quantitative estimate of drug-likeness (QED) is 0.620. The van der Waals surface area contributed by atoms with Crippen LogP contribution in [0.4, 0.5) is 9.59 Å². The molecule has 3 fully saturated rings. The van der Waals surface area contributed by atoms with Gasteiger partial charge < -0.3 is 24.8 Å². The summed E-state index contributed by atoms with van der Waals surface area (Å²) in [4.78, 5) is 53.9. The van der Waals surface area contributed by atoms with E-state index in [4.69, 9.17) is 4.74 Å². The van der Waals surface area contributed by atoms with Gasteiger partial charge >= 0.3 is 12.1 Å². The number of hydrogen-bond acceptors (Lipinski definition) is 6. The van der Waals surface area contributed by atoms with Gasteiger partial charge in [-0.15, -0.1) is 0 Å². The highest BCUT2D eigenvalue weighted by molar-refractivity contribution is 6.04. The summed E-state index contributed by atoms with van der Waals surface area (Å²) in [5, 5.41) is 2.40. The van der Waals surface area contributed by atoms with Crippen molar-refractivity contribution in [2.24, 2.45) is 0 Å². The Bertz CT molecular complexity index is 598. The van der Waals surface area contributed by atoms with Crippen LogP contribution >= 0.6 is 0 Å². The number of carbonyl (C=O) groups is 4. The van der Waals surface area contributed by atoms with Gasteiger partial charge in [0.2, 0.25) is 5.91 Å². The van der Waals surface area contributed by atoms with Crippen molar-refractivity contribution in [1.29, 1.82) is 0 Å². The number of hydrogen-bond donors (Lipinski definition) is 1. The first-order valence-electron chi connectivity index (χ1n) is 8.78. The van der Waals surface area contributed by atoms with Crippen molar-refractivity contribution in [3.63, 3.8) is 0 Å². The number of rotatable bonds is 5. The number of ether oxygens (including phenoxy) is 1. The van der Waals surface area contributed by atoms with E-state index in [-0.39, 0.29) is 25.1 Å². The van der Waals surface area contributed by atoms with Crippen LogP contribution in [0.1, 0.15) is 12.8 Å². The SMILES string of the molecule is CN(C)CCN1CC2(CCN(C(=O)CN3C(=O)CNC3=O)CC2)OC1=O. The molecule has 3 aliphatic rings. The summed E-state index contributed by atoms with van der Waals surface area (Å²) in [5.74, 6) is -0.655. The molecular formula is C16H25N5O5. The Kier molecular flexibility index (Phi) is 5.03. The number of nitrogens with zero attached hydrogens (tertiary/aromatic N) is 4. The predicted octanol–water partition coefficient (Wildman–Crippen LogP) is -1.09. The molecule has 3 aliphatic heterocycles. The van der Waals surface area contributed by atoms with E-state index in [1.807, 2.05) is 19.0 Å². The number of urea groups is 1. The van der Waals surface area contributed by atoms with Gasteiger partial charge in [0, 0.05) is 39.0 Å². The molecule has 5 amide bonds. The smallest absolute Gasteiger partial charge is 0.410 e. The van der Waals surface area contributed by atoms with Crippen LogP contribution in [0.2, 0.25) is 0 Å². The molecule has 10 nitrogen and oxygen atoms in total. The summed E-state index contributed by atoms with van der Waals surface area (Å²) in [6.07, 6.45) is 0.817. The van der Waals surface area contributed by atoms with Crippen LogP contribution < -0.4 is 5.32 Å². The molecule has 144 valence electrons. The fourth-order valence-corrected chi connectivity index (χ4v) is 3.46. The van der Waals surface area contributed by atoms with Gasteiger partial charge in [0.15, 0.2) is 0 Å². The number of likely N-dealkylation sites (N-methyl/N-ethyl adjacent to an activating group) is 1. The minimum Gasteiger partial charge on any atom is -0.441 e. The van der Waals surface area contributed by atoms with Crippen molar-refractivity contribution in [2.45, 2.75) is 18.4 Å². The molecule has 0 radical (unpaired) electrons. The molecule has 0 aromatic carbocycles. The van der Waals surface area contributed by atoms with Crippen molar-refractivity contribution < 1.29 is 23.9 Å². The zero-order valence-electron chi connectivity index (χ0n) is 15.2. The van der Waals surface area contributed by atoms with E-state index < -0.39 is 17.5 Å². The van der Waals surface area contributed by atoms with Gasteiger partial charge in [0.1, 0.15) is 12.1 Å². The average Bonchev–Trinajstić information content (AvgIpc) is 3.07. The third-order valence-corrected chi connectivity index (χ3v) is 5.12. The van der Waals surface area contributed by atoms with Gasteiger partial charge in [-0.2, -0.15) is 0 Å². The van der Waals surface area contributed by atoms with Crippen LogP contribution in [0.5, 0.6) is 0 Å². The van der Waals surface area contributed by atoms with E-state index in [1.165, 1.54) is 0 Å². The maximum atomic E-state index is 12.4. The fraction of sp³-hybridized carbons (Fsp3) is 0.750. The lowest BCUT2D eigenvalue weighted by molar-refractivity contribution is -0.139. The monoisotopic (exact) mass is 367 g/mol. The molecule has 0 saturated carbocycles. The summed E-state index contributed by atoms with van der Waals surface area (Å²) >= 11 is 0. The van der Waals surface area contributed by atoms with Gasteiger partial charge in [-0.1, -0.05) is 0 Å². The zero-order chi connectivity index (χ0) is 18.9. The maximum Gasteiger partial charge on any atom is 0.410 e. The van der Waals surface area contributed by atoms with E-state index in [9.17, 15) is 19.2 Å². The van der Waals surface area contributed by atoms with Crippen LogP contribution in [0.3, 0.4) is 0 Å². The molecule has 0 aliphatic carbocycles. The molecule has 3 saturated heterocycles. The Morgan fingerprint density at radius 3 is 2.50 bits per heavy atom. The Labute approximate surface area is 152 Å². The number of carbonyl (C=O) groups excluding carboxylic acids is 4. The third-order valence-electron chi connectivity index (χ3n) is 5.12. The molecule has 0 bridgehead atoms. The number of nitrogens with one attached hydrogen (secondary N) is 1. The molecule has 0 aromatic rings. The standard InChI is InChI=1S/C16H25N5O5/c1-18(2)7-8-20-11-16(26-15(20)25)3-5-19(6-4-16)13(23)10-21-12(22)9-17-14(21)24/h3-11H2,1-2H3,(H,17,24). The number of piperidine rings is 1. The van der Waals surface area contributed by atoms with E-state index in [0.717, 1.165) is 11.4 Å². The summed E-state index contributed by atoms with van der Waals surface area (Å²) < 4.78 is 5.63. The lowest BCUT2D eigenvalue weighted by Crippen LogP contribution is -2.51. The summed E-state index contributed by atoms with van der Waals surface area (Å²) in [5.41, 5.74) is -0.541. The average molecular weight is 367 g/mol. The summed E-state index contributed by atoms with van der Waals surface area (Å²) in [6, 6.07) is -0.530. The van der Waals surface area contributed by atoms with E-state index in [1.54, 1.807) is 9.80 Å². The molecular weight excluding hydrogens is 342 g/mol. The summed E-state index contributed by atoms with van der Waals surface area (Å²) in [6.45, 7) is 2.49. The second kappa shape index (κ2) is 7.10. The Balaban J connectivity index is 1.51. The normalized spacial score (nSPS) is 22.4. The molecule has 3 rings (SSSR count). The van der Waals surface area contributed by atoms with Crippen LogP contribution in [-0.4, -0.2) is 109 Å². The summed E-state index contributed by atoms with van der Waals surface area (Å²) in [7, 11) is 3.90. The van der Waals surface area contributed by atoms with Gasteiger partial charge in [0.05, 0.1) is 13.1 Å². The van der Waals surface area contributed by atoms with Gasteiger partial charge in [-0.25, -0.2) is 9.59 Å². The number of likely N-dealkylation sites (tertiary alicyclic amines) is 1. The topological polar surface area (TPSA) is 102 Å². The Hall–Kier alpha value is -2.36. The molecule has 10 heteroatoms. The molecule has 3 heterocycles. The first-order valence-corrected chi connectivity index (χ1v) is 8.78. The predicted molar refractivity (Wildman–Crippen MR) is 90.3 cm³/mol. The number of amides is 5. The highest BCUT2D eigenvalue weighted by Crippen LogP contribution is 2.33. The zero-order valence-corrected chi connectivity index (χ0v) is 15.2. The van der Waals surface area contributed by atoms with Crippen molar-refractivity contribution in [2.75, 3.05) is 59.9 Å². The lowest BCUT2D eigenvalue weighted by Gasteiger charge is -2.37. The highest BCUT2D eigenvalue weighted by Gasteiger charge is 2.47. The van der Waals surface area contributed by atoms with Gasteiger partial charge in [0.25, 0.3) is 5.91 Å². The second-order valence-corrected chi connectivity index (χ2v) is 7.30. The molecule has 26 heavy (non-hydrogen) atoms. The van der Waals surface area contributed by atoms with Crippen molar-refractivity contribution in [3.05, 3.63) is 0 Å². The fourth-order valence-electron chi connectivity index (χ4n) is 3.46. The largest absolute Gasteiger partial charge is 0.441 e. The lowest BCUT2D eigenvalue weighted by atomic mass is 9.91. The van der Waals surface area contributed by atoms with Crippen molar-refractivity contribution >= 4 is 23.9 Å². The number of imide groups is 1. The first-order chi connectivity index (χ1) is 12.3. The van der Waals surface area contributed by atoms with Crippen LogP contribution in [0.15, 0.2) is 0 Å². The second-order valence-electron chi connectivity index (χ2n) is 7.30. The molecule has 0 aromatic heterocycles. The highest BCUT2D eigenvalue weighted by atomic mass is 16.6. The molecule has 0 atom stereocenters. The Morgan fingerprint density at radius 1 is 1.23 bits per heavy atom. The first kappa shape index (κ1) is 18.4. The van der Waals surface area contributed by atoms with E-state index in [2.05, 4.69) is 5.32 Å². The van der Waals surface area contributed by atoms with E-state index >= 15 is 0 Å². The van der Waals surface area contributed by atoms with Crippen LogP contribution in [0.25, 0.3) is 0 Å². The van der Waals surface area contributed by atoms with Crippen molar-refractivity contribution in [3.8, 4) is 0 Å². The van der Waals surface area contributed by atoms with Gasteiger partial charge in [-0.05, 0) is 14.1 Å². The van der Waals surface area contributed by atoms with Gasteiger partial charge in [-0.3, -0.25) is 14.5 Å².